The molecule has 0 fully saturated rings. The summed E-state index contributed by atoms with van der Waals surface area (Å²) in [4.78, 5) is 23.9. The number of rotatable bonds is 4. The molecule has 1 amide bonds. The molecule has 122 valence electrons. The molecule has 1 N–H and O–H groups in total. The van der Waals surface area contributed by atoms with Crippen LogP contribution in [0.2, 0.25) is 0 Å². The highest BCUT2D eigenvalue weighted by atomic mass is 79.9. The number of halogens is 1. The Balaban J connectivity index is 1.56. The van der Waals surface area contributed by atoms with E-state index in [1.165, 1.54) is 0 Å². The van der Waals surface area contributed by atoms with Crippen LogP contribution in [0, 0.1) is 0 Å². The smallest absolute Gasteiger partial charge is 0.338 e. The molecule has 0 aromatic heterocycles. The minimum Gasteiger partial charge on any atom is -0.488 e. The Morgan fingerprint density at radius 1 is 1.17 bits per heavy atom. The Kier molecular flexibility index (Phi) is 4.96. The van der Waals surface area contributed by atoms with E-state index in [1.807, 2.05) is 30.3 Å². The summed E-state index contributed by atoms with van der Waals surface area (Å²) in [6.45, 7) is -0.229. The van der Waals surface area contributed by atoms with Crippen molar-refractivity contribution < 1.29 is 19.1 Å². The van der Waals surface area contributed by atoms with Crippen LogP contribution in [0.3, 0.4) is 0 Å². The normalized spacial score (nSPS) is 12.5. The van der Waals surface area contributed by atoms with Crippen molar-refractivity contribution in [3.8, 4) is 5.75 Å². The summed E-state index contributed by atoms with van der Waals surface area (Å²) in [7, 11) is 0. The zero-order valence-corrected chi connectivity index (χ0v) is 14.2. The van der Waals surface area contributed by atoms with E-state index in [0.29, 0.717) is 11.3 Å². The Hall–Kier alpha value is -2.60. The van der Waals surface area contributed by atoms with Crippen molar-refractivity contribution in [3.63, 3.8) is 0 Å². The molecule has 1 aliphatic rings. The second-order valence-corrected chi connectivity index (χ2v) is 6.05. The Bertz CT molecular complexity index is 816. The van der Waals surface area contributed by atoms with Crippen LogP contribution in [0.5, 0.6) is 5.75 Å². The maximum atomic E-state index is 12.1. The van der Waals surface area contributed by atoms with E-state index in [0.717, 1.165) is 15.8 Å². The van der Waals surface area contributed by atoms with Crippen LogP contribution in [-0.4, -0.2) is 25.1 Å². The maximum absolute atomic E-state index is 12.1. The van der Waals surface area contributed by atoms with E-state index in [4.69, 9.17) is 9.47 Å². The molecule has 3 rings (SSSR count). The lowest BCUT2D eigenvalue weighted by Crippen LogP contribution is -2.23. The van der Waals surface area contributed by atoms with Crippen molar-refractivity contribution in [1.82, 2.24) is 0 Å². The van der Waals surface area contributed by atoms with Crippen LogP contribution in [0.4, 0.5) is 5.69 Å². The first-order valence-electron chi connectivity index (χ1n) is 7.27. The van der Waals surface area contributed by atoms with Gasteiger partial charge in [0.05, 0.1) is 5.57 Å². The average molecular weight is 388 g/mol. The molecule has 0 aliphatic carbocycles. The van der Waals surface area contributed by atoms with Gasteiger partial charge in [-0.1, -0.05) is 40.2 Å². The Morgan fingerprint density at radius 2 is 2.00 bits per heavy atom. The van der Waals surface area contributed by atoms with Crippen molar-refractivity contribution in [2.45, 2.75) is 0 Å². The van der Waals surface area contributed by atoms with Gasteiger partial charge >= 0.3 is 5.97 Å². The van der Waals surface area contributed by atoms with Gasteiger partial charge in [0.15, 0.2) is 6.61 Å². The standard InChI is InChI=1S/C18H14BrNO4/c19-14-5-3-6-15(9-14)20-17(21)11-24-18(22)13-8-12-4-1-2-7-16(12)23-10-13/h1-9H,10-11H2,(H,20,21). The third kappa shape index (κ3) is 4.02. The van der Waals surface area contributed by atoms with E-state index in [-0.39, 0.29) is 13.2 Å². The average Bonchev–Trinajstić information content (AvgIpc) is 2.59. The van der Waals surface area contributed by atoms with Crippen LogP contribution in [-0.2, 0) is 14.3 Å². The molecule has 6 heteroatoms. The largest absolute Gasteiger partial charge is 0.488 e. The molecule has 0 saturated heterocycles. The van der Waals surface area contributed by atoms with Crippen molar-refractivity contribution in [3.05, 3.63) is 64.1 Å². The van der Waals surface area contributed by atoms with E-state index in [2.05, 4.69) is 21.2 Å². The fourth-order valence-electron chi connectivity index (χ4n) is 2.22. The van der Waals surface area contributed by atoms with Crippen molar-refractivity contribution in [2.75, 3.05) is 18.5 Å². The van der Waals surface area contributed by atoms with Gasteiger partial charge in [0.2, 0.25) is 0 Å². The third-order valence-electron chi connectivity index (χ3n) is 3.34. The summed E-state index contributed by atoms with van der Waals surface area (Å²) in [5, 5.41) is 2.66. The Labute approximate surface area is 147 Å². The zero-order chi connectivity index (χ0) is 16.9. The molecule has 24 heavy (non-hydrogen) atoms. The maximum Gasteiger partial charge on any atom is 0.338 e. The first kappa shape index (κ1) is 16.3. The van der Waals surface area contributed by atoms with Gasteiger partial charge in [-0.25, -0.2) is 4.79 Å². The van der Waals surface area contributed by atoms with Gasteiger partial charge in [0, 0.05) is 15.7 Å². The second kappa shape index (κ2) is 7.31. The van der Waals surface area contributed by atoms with Crippen LogP contribution >= 0.6 is 15.9 Å². The van der Waals surface area contributed by atoms with Crippen molar-refractivity contribution >= 4 is 39.6 Å². The van der Waals surface area contributed by atoms with Gasteiger partial charge in [0.1, 0.15) is 12.4 Å². The number of esters is 1. The van der Waals surface area contributed by atoms with Crippen molar-refractivity contribution in [1.29, 1.82) is 0 Å². The fourth-order valence-corrected chi connectivity index (χ4v) is 2.62. The molecule has 0 radical (unpaired) electrons. The van der Waals surface area contributed by atoms with Gasteiger partial charge in [-0.3, -0.25) is 4.79 Å². The van der Waals surface area contributed by atoms with E-state index < -0.39 is 11.9 Å². The summed E-state index contributed by atoms with van der Waals surface area (Å²) < 4.78 is 11.4. The lowest BCUT2D eigenvalue weighted by Gasteiger charge is -2.16. The quantitative estimate of drug-likeness (QED) is 0.816. The van der Waals surface area contributed by atoms with E-state index in [1.54, 1.807) is 24.3 Å². The molecule has 1 aliphatic heterocycles. The third-order valence-corrected chi connectivity index (χ3v) is 3.83. The summed E-state index contributed by atoms with van der Waals surface area (Å²) >= 11 is 3.32. The molecule has 2 aromatic rings. The number of carbonyl (C=O) groups excluding carboxylic acids is 2. The lowest BCUT2D eigenvalue weighted by atomic mass is 10.1. The van der Waals surface area contributed by atoms with E-state index in [9.17, 15) is 9.59 Å². The number of anilines is 1. The zero-order valence-electron chi connectivity index (χ0n) is 12.6. The van der Waals surface area contributed by atoms with Gasteiger partial charge in [-0.05, 0) is 30.3 Å². The summed E-state index contributed by atoms with van der Waals surface area (Å²) in [6.07, 6.45) is 1.72. The molecule has 1 heterocycles. The van der Waals surface area contributed by atoms with Gasteiger partial charge < -0.3 is 14.8 Å². The molecule has 5 nitrogen and oxygen atoms in total. The molecular weight excluding hydrogens is 374 g/mol. The molecular formula is C18H14BrNO4. The van der Waals surface area contributed by atoms with Crippen LogP contribution in [0.25, 0.3) is 6.08 Å². The second-order valence-electron chi connectivity index (χ2n) is 5.13. The van der Waals surface area contributed by atoms with Gasteiger partial charge in [-0.15, -0.1) is 0 Å². The number of nitrogens with one attached hydrogen (secondary N) is 1. The molecule has 0 saturated carbocycles. The lowest BCUT2D eigenvalue weighted by molar-refractivity contribution is -0.143. The highest BCUT2D eigenvalue weighted by Gasteiger charge is 2.19. The van der Waals surface area contributed by atoms with Crippen molar-refractivity contribution in [2.24, 2.45) is 0 Å². The highest BCUT2D eigenvalue weighted by molar-refractivity contribution is 9.10. The number of para-hydroxylation sites is 1. The first-order valence-corrected chi connectivity index (χ1v) is 8.06. The monoisotopic (exact) mass is 387 g/mol. The Morgan fingerprint density at radius 3 is 2.83 bits per heavy atom. The number of hydrogen-bond acceptors (Lipinski definition) is 4. The fraction of sp³-hybridized carbons (Fsp3) is 0.111. The molecule has 0 bridgehead atoms. The van der Waals surface area contributed by atoms with Crippen LogP contribution in [0.15, 0.2) is 58.6 Å². The number of benzene rings is 2. The highest BCUT2D eigenvalue weighted by Crippen LogP contribution is 2.26. The van der Waals surface area contributed by atoms with Gasteiger partial charge in [-0.2, -0.15) is 0 Å². The molecule has 0 unspecified atom stereocenters. The SMILES string of the molecule is O=C(COC(=O)C1=Cc2ccccc2OC1)Nc1cccc(Br)c1. The van der Waals surface area contributed by atoms with Crippen LogP contribution in [0.1, 0.15) is 5.56 Å². The molecule has 2 aromatic carbocycles. The summed E-state index contributed by atoms with van der Waals surface area (Å²) in [6, 6.07) is 14.6. The van der Waals surface area contributed by atoms with E-state index >= 15 is 0 Å². The summed E-state index contributed by atoms with van der Waals surface area (Å²) in [5.74, 6) is -0.241. The number of carbonyl (C=O) groups is 2. The predicted molar refractivity (Wildman–Crippen MR) is 93.6 cm³/mol. The van der Waals surface area contributed by atoms with Crippen LogP contribution < -0.4 is 10.1 Å². The minimum absolute atomic E-state index is 0.128. The number of ether oxygens (including phenoxy) is 2. The van der Waals surface area contributed by atoms with Gasteiger partial charge in [0.25, 0.3) is 5.91 Å². The minimum atomic E-state index is -0.561. The molecule has 0 spiro atoms. The number of hydrogen-bond donors (Lipinski definition) is 1. The number of fused-ring (bicyclic) bond motifs is 1. The molecule has 0 atom stereocenters. The predicted octanol–water partition coefficient (Wildman–Crippen LogP) is 3.41. The number of amides is 1. The summed E-state index contributed by atoms with van der Waals surface area (Å²) in [5.41, 5.74) is 1.82. The first-order chi connectivity index (χ1) is 11.6. The topological polar surface area (TPSA) is 64.6 Å².